The SMILES string of the molecule is CCN1CCN(Cc2c(O)ccc3c(=O)c(Oc4ccc(C(=O)OC)cc4)coc23)CC1. The lowest BCUT2D eigenvalue weighted by Crippen LogP contribution is -2.45. The zero-order valence-corrected chi connectivity index (χ0v) is 18.2. The van der Waals surface area contributed by atoms with Gasteiger partial charge in [0.25, 0.3) is 0 Å². The highest BCUT2D eigenvalue weighted by atomic mass is 16.5. The molecular weight excluding hydrogens is 412 g/mol. The van der Waals surface area contributed by atoms with Crippen LogP contribution >= 0.6 is 0 Å². The van der Waals surface area contributed by atoms with Crippen LogP contribution in [0.5, 0.6) is 17.2 Å². The van der Waals surface area contributed by atoms with Crippen LogP contribution in [0.25, 0.3) is 11.0 Å². The molecule has 0 amide bonds. The van der Waals surface area contributed by atoms with Crippen molar-refractivity contribution in [3.8, 4) is 17.2 Å². The molecule has 4 rings (SSSR count). The molecule has 1 aromatic heterocycles. The first-order valence-corrected chi connectivity index (χ1v) is 10.6. The lowest BCUT2D eigenvalue weighted by atomic mass is 10.1. The number of phenolic OH excluding ortho intramolecular Hbond substituents is 1. The second-order valence-corrected chi connectivity index (χ2v) is 7.70. The fourth-order valence-corrected chi connectivity index (χ4v) is 3.84. The number of piperazine rings is 1. The summed E-state index contributed by atoms with van der Waals surface area (Å²) in [5, 5.41) is 10.8. The van der Waals surface area contributed by atoms with Crippen molar-refractivity contribution < 1.29 is 23.8 Å². The van der Waals surface area contributed by atoms with E-state index in [1.807, 2.05) is 0 Å². The summed E-state index contributed by atoms with van der Waals surface area (Å²) >= 11 is 0. The predicted octanol–water partition coefficient (Wildman–Crippen LogP) is 3.22. The second kappa shape index (κ2) is 9.42. The van der Waals surface area contributed by atoms with E-state index in [0.29, 0.717) is 34.4 Å². The molecular formula is C24H26N2O6. The van der Waals surface area contributed by atoms with Gasteiger partial charge in [-0.3, -0.25) is 9.69 Å². The maximum Gasteiger partial charge on any atom is 0.337 e. The summed E-state index contributed by atoms with van der Waals surface area (Å²) in [6.45, 7) is 7.38. The van der Waals surface area contributed by atoms with Crippen molar-refractivity contribution in [3.05, 3.63) is 64.0 Å². The Morgan fingerprint density at radius 2 is 1.75 bits per heavy atom. The van der Waals surface area contributed by atoms with Crippen molar-refractivity contribution in [2.24, 2.45) is 0 Å². The smallest absolute Gasteiger partial charge is 0.337 e. The Hall–Kier alpha value is -3.36. The summed E-state index contributed by atoms with van der Waals surface area (Å²) in [6.07, 6.45) is 1.26. The molecule has 0 atom stereocenters. The molecule has 8 nitrogen and oxygen atoms in total. The zero-order valence-electron chi connectivity index (χ0n) is 18.2. The molecule has 32 heavy (non-hydrogen) atoms. The minimum Gasteiger partial charge on any atom is -0.507 e. The van der Waals surface area contributed by atoms with Crippen LogP contribution < -0.4 is 10.2 Å². The summed E-state index contributed by atoms with van der Waals surface area (Å²) in [6, 6.07) is 9.33. The summed E-state index contributed by atoms with van der Waals surface area (Å²) in [7, 11) is 1.31. The summed E-state index contributed by atoms with van der Waals surface area (Å²) in [5.74, 6) is 0.0597. The number of hydrogen-bond donors (Lipinski definition) is 1. The Kier molecular flexibility index (Phi) is 6.43. The van der Waals surface area contributed by atoms with Crippen molar-refractivity contribution in [3.63, 3.8) is 0 Å². The number of carbonyl (C=O) groups is 1. The molecule has 1 saturated heterocycles. The van der Waals surface area contributed by atoms with Gasteiger partial charge in [-0.15, -0.1) is 0 Å². The summed E-state index contributed by atoms with van der Waals surface area (Å²) in [5.41, 5.74) is 1.01. The number of benzene rings is 2. The second-order valence-electron chi connectivity index (χ2n) is 7.70. The van der Waals surface area contributed by atoms with E-state index in [0.717, 1.165) is 32.7 Å². The van der Waals surface area contributed by atoms with Crippen LogP contribution in [0.3, 0.4) is 0 Å². The van der Waals surface area contributed by atoms with Gasteiger partial charge in [-0.25, -0.2) is 4.79 Å². The molecule has 0 radical (unpaired) electrons. The molecule has 1 aliphatic heterocycles. The van der Waals surface area contributed by atoms with Crippen molar-refractivity contribution in [2.45, 2.75) is 13.5 Å². The molecule has 3 aromatic rings. The first kappa shape index (κ1) is 21.9. The van der Waals surface area contributed by atoms with E-state index in [2.05, 4.69) is 21.5 Å². The molecule has 2 aromatic carbocycles. The predicted molar refractivity (Wildman–Crippen MR) is 119 cm³/mol. The van der Waals surface area contributed by atoms with Gasteiger partial charge in [0.2, 0.25) is 11.2 Å². The molecule has 0 saturated carbocycles. The van der Waals surface area contributed by atoms with E-state index in [1.54, 1.807) is 30.3 Å². The lowest BCUT2D eigenvalue weighted by molar-refractivity contribution is 0.0600. The van der Waals surface area contributed by atoms with Gasteiger partial charge in [-0.05, 0) is 42.9 Å². The van der Waals surface area contributed by atoms with Gasteiger partial charge in [0.1, 0.15) is 23.3 Å². The van der Waals surface area contributed by atoms with Gasteiger partial charge >= 0.3 is 5.97 Å². The Balaban J connectivity index is 1.58. The van der Waals surface area contributed by atoms with Crippen LogP contribution in [0.15, 0.2) is 51.9 Å². The maximum atomic E-state index is 13.0. The summed E-state index contributed by atoms with van der Waals surface area (Å²) < 4.78 is 16.1. The number of nitrogens with zero attached hydrogens (tertiary/aromatic N) is 2. The van der Waals surface area contributed by atoms with Crippen molar-refractivity contribution in [1.29, 1.82) is 0 Å². The molecule has 168 valence electrons. The molecule has 0 unspecified atom stereocenters. The third-order valence-corrected chi connectivity index (χ3v) is 5.79. The fraction of sp³-hybridized carbons (Fsp3) is 0.333. The van der Waals surface area contributed by atoms with E-state index in [-0.39, 0.29) is 16.9 Å². The largest absolute Gasteiger partial charge is 0.507 e. The number of rotatable bonds is 6. The minimum atomic E-state index is -0.454. The number of ether oxygens (including phenoxy) is 2. The molecule has 1 aliphatic rings. The normalized spacial score (nSPS) is 15.1. The number of phenols is 1. The third kappa shape index (κ3) is 4.46. The highest BCUT2D eigenvalue weighted by Gasteiger charge is 2.21. The number of methoxy groups -OCH3 is 1. The van der Waals surface area contributed by atoms with Crippen LogP contribution in [0.2, 0.25) is 0 Å². The molecule has 0 aliphatic carbocycles. The minimum absolute atomic E-state index is 0.0246. The highest BCUT2D eigenvalue weighted by molar-refractivity contribution is 5.89. The number of likely N-dealkylation sites (N-methyl/N-ethyl adjacent to an activating group) is 1. The number of aromatic hydroxyl groups is 1. The van der Waals surface area contributed by atoms with Gasteiger partial charge in [0.05, 0.1) is 23.6 Å². The molecule has 2 heterocycles. The standard InChI is InChI=1S/C24H26N2O6/c1-3-25-10-12-26(13-11-25)14-19-20(27)9-8-18-22(28)21(15-31-23(18)19)32-17-6-4-16(5-7-17)24(29)30-2/h4-9,15,27H,3,10-14H2,1-2H3. The molecule has 0 spiro atoms. The number of hydrogen-bond acceptors (Lipinski definition) is 8. The van der Waals surface area contributed by atoms with Gasteiger partial charge < -0.3 is 23.9 Å². The highest BCUT2D eigenvalue weighted by Crippen LogP contribution is 2.30. The molecule has 1 N–H and O–H groups in total. The quantitative estimate of drug-likeness (QED) is 0.587. The Labute approximate surface area is 185 Å². The number of esters is 1. The van der Waals surface area contributed by atoms with Crippen molar-refractivity contribution in [1.82, 2.24) is 9.80 Å². The first-order valence-electron chi connectivity index (χ1n) is 10.6. The van der Waals surface area contributed by atoms with Gasteiger partial charge in [0, 0.05) is 32.7 Å². The van der Waals surface area contributed by atoms with Crippen LogP contribution in [-0.2, 0) is 11.3 Å². The summed E-state index contributed by atoms with van der Waals surface area (Å²) in [4.78, 5) is 29.2. The Morgan fingerprint density at radius 1 is 1.06 bits per heavy atom. The first-order chi connectivity index (χ1) is 15.5. The molecule has 0 bridgehead atoms. The van der Waals surface area contributed by atoms with Crippen LogP contribution in [0.1, 0.15) is 22.8 Å². The van der Waals surface area contributed by atoms with Gasteiger partial charge in [-0.1, -0.05) is 6.92 Å². The third-order valence-electron chi connectivity index (χ3n) is 5.79. The van der Waals surface area contributed by atoms with Crippen LogP contribution in [-0.4, -0.2) is 60.7 Å². The van der Waals surface area contributed by atoms with E-state index >= 15 is 0 Å². The monoisotopic (exact) mass is 438 g/mol. The average Bonchev–Trinajstić information content (AvgIpc) is 2.83. The van der Waals surface area contributed by atoms with Crippen LogP contribution in [0.4, 0.5) is 0 Å². The fourth-order valence-electron chi connectivity index (χ4n) is 3.84. The topological polar surface area (TPSA) is 92.5 Å². The molecule has 1 fully saturated rings. The van der Waals surface area contributed by atoms with E-state index < -0.39 is 5.97 Å². The van der Waals surface area contributed by atoms with Crippen molar-refractivity contribution >= 4 is 16.9 Å². The maximum absolute atomic E-state index is 13.0. The zero-order chi connectivity index (χ0) is 22.7. The number of carbonyl (C=O) groups excluding carboxylic acids is 1. The Bertz CT molecular complexity index is 1160. The van der Waals surface area contributed by atoms with Gasteiger partial charge in [0.15, 0.2) is 0 Å². The lowest BCUT2D eigenvalue weighted by Gasteiger charge is -2.34. The van der Waals surface area contributed by atoms with E-state index in [9.17, 15) is 14.7 Å². The van der Waals surface area contributed by atoms with E-state index in [1.165, 1.54) is 19.4 Å². The molecule has 8 heteroatoms. The van der Waals surface area contributed by atoms with Gasteiger partial charge in [-0.2, -0.15) is 0 Å². The average molecular weight is 438 g/mol. The van der Waals surface area contributed by atoms with Crippen molar-refractivity contribution in [2.75, 3.05) is 39.8 Å². The van der Waals surface area contributed by atoms with E-state index in [4.69, 9.17) is 9.15 Å². The number of fused-ring (bicyclic) bond motifs is 1. The Morgan fingerprint density at radius 3 is 2.41 bits per heavy atom. The van der Waals surface area contributed by atoms with Crippen LogP contribution in [0, 0.1) is 0 Å².